The lowest BCUT2D eigenvalue weighted by Gasteiger charge is -2.13. The number of hydrogen-bond donors (Lipinski definition) is 1. The van der Waals surface area contributed by atoms with Crippen LogP contribution in [0.2, 0.25) is 0 Å². The molecule has 0 radical (unpaired) electrons. The maximum atomic E-state index is 12.1. The Labute approximate surface area is 153 Å². The molecule has 2 rings (SSSR count). The van der Waals surface area contributed by atoms with Gasteiger partial charge in [0.25, 0.3) is 5.91 Å². The standard InChI is InChI=1S/C20H23NO5/c1-13-7-16(11-22)8-14(2)20(13)26-12-19(23)21-10-15-5-6-17(24-3)18(9-15)25-4/h5-9,11H,10,12H2,1-4H3,(H,21,23). The van der Waals surface area contributed by atoms with Gasteiger partial charge in [-0.05, 0) is 54.8 Å². The lowest BCUT2D eigenvalue weighted by Crippen LogP contribution is -2.28. The highest BCUT2D eigenvalue weighted by Gasteiger charge is 2.10. The van der Waals surface area contributed by atoms with E-state index in [1.165, 1.54) is 0 Å². The number of ether oxygens (including phenoxy) is 3. The fraction of sp³-hybridized carbons (Fsp3) is 0.300. The highest BCUT2D eigenvalue weighted by molar-refractivity contribution is 5.78. The van der Waals surface area contributed by atoms with Gasteiger partial charge in [0, 0.05) is 12.1 Å². The Bertz CT molecular complexity index is 778. The number of aldehydes is 1. The van der Waals surface area contributed by atoms with E-state index in [2.05, 4.69) is 5.32 Å². The van der Waals surface area contributed by atoms with Crippen molar-refractivity contribution in [2.24, 2.45) is 0 Å². The van der Waals surface area contributed by atoms with E-state index in [-0.39, 0.29) is 12.5 Å². The smallest absolute Gasteiger partial charge is 0.258 e. The summed E-state index contributed by atoms with van der Waals surface area (Å²) in [5, 5.41) is 2.80. The normalized spacial score (nSPS) is 10.2. The fourth-order valence-corrected chi connectivity index (χ4v) is 2.66. The summed E-state index contributed by atoms with van der Waals surface area (Å²) in [4.78, 5) is 22.9. The first-order valence-electron chi connectivity index (χ1n) is 8.15. The molecule has 0 aliphatic heterocycles. The molecule has 0 aromatic heterocycles. The summed E-state index contributed by atoms with van der Waals surface area (Å²) in [6.45, 7) is 3.94. The molecule has 6 heteroatoms. The van der Waals surface area contributed by atoms with Gasteiger partial charge in [0.1, 0.15) is 12.0 Å². The number of benzene rings is 2. The van der Waals surface area contributed by atoms with Gasteiger partial charge in [-0.2, -0.15) is 0 Å². The highest BCUT2D eigenvalue weighted by atomic mass is 16.5. The molecule has 0 aliphatic carbocycles. The Morgan fingerprint density at radius 2 is 1.69 bits per heavy atom. The van der Waals surface area contributed by atoms with Crippen molar-refractivity contribution in [3.63, 3.8) is 0 Å². The van der Waals surface area contributed by atoms with Gasteiger partial charge in [-0.25, -0.2) is 0 Å². The van der Waals surface area contributed by atoms with Crippen molar-refractivity contribution in [2.45, 2.75) is 20.4 Å². The maximum absolute atomic E-state index is 12.1. The molecule has 1 amide bonds. The van der Waals surface area contributed by atoms with E-state index in [0.717, 1.165) is 23.0 Å². The number of nitrogens with one attached hydrogen (secondary N) is 1. The van der Waals surface area contributed by atoms with Gasteiger partial charge < -0.3 is 19.5 Å². The Balaban J connectivity index is 1.93. The summed E-state index contributed by atoms with van der Waals surface area (Å²) in [6.07, 6.45) is 0.791. The van der Waals surface area contributed by atoms with E-state index < -0.39 is 0 Å². The van der Waals surface area contributed by atoms with Gasteiger partial charge in [0.15, 0.2) is 18.1 Å². The molecule has 6 nitrogen and oxygen atoms in total. The molecular formula is C20H23NO5. The van der Waals surface area contributed by atoms with Crippen LogP contribution < -0.4 is 19.5 Å². The van der Waals surface area contributed by atoms with Crippen molar-refractivity contribution in [1.29, 1.82) is 0 Å². The molecule has 0 spiro atoms. The fourth-order valence-electron chi connectivity index (χ4n) is 2.66. The first kappa shape index (κ1) is 19.3. The second kappa shape index (κ2) is 8.89. The molecule has 26 heavy (non-hydrogen) atoms. The second-order valence-electron chi connectivity index (χ2n) is 5.86. The van der Waals surface area contributed by atoms with Crippen LogP contribution in [0.25, 0.3) is 0 Å². The second-order valence-corrected chi connectivity index (χ2v) is 5.86. The zero-order valence-electron chi connectivity index (χ0n) is 15.4. The third kappa shape index (κ3) is 4.75. The molecule has 1 N–H and O–H groups in total. The van der Waals surface area contributed by atoms with Crippen molar-refractivity contribution in [3.8, 4) is 17.2 Å². The summed E-state index contributed by atoms with van der Waals surface area (Å²) in [5.41, 5.74) is 3.11. The average molecular weight is 357 g/mol. The van der Waals surface area contributed by atoms with Gasteiger partial charge in [0.2, 0.25) is 0 Å². The van der Waals surface area contributed by atoms with Crippen LogP contribution >= 0.6 is 0 Å². The van der Waals surface area contributed by atoms with Crippen LogP contribution in [0.3, 0.4) is 0 Å². The quantitative estimate of drug-likeness (QED) is 0.736. The minimum absolute atomic E-state index is 0.102. The van der Waals surface area contributed by atoms with E-state index in [1.807, 2.05) is 26.0 Å². The third-order valence-electron chi connectivity index (χ3n) is 3.90. The topological polar surface area (TPSA) is 73.9 Å². The monoisotopic (exact) mass is 357 g/mol. The average Bonchev–Trinajstić information content (AvgIpc) is 2.65. The van der Waals surface area contributed by atoms with E-state index >= 15 is 0 Å². The van der Waals surface area contributed by atoms with Crippen LogP contribution in [0, 0.1) is 13.8 Å². The lowest BCUT2D eigenvalue weighted by molar-refractivity contribution is -0.123. The molecule has 0 saturated heterocycles. The molecule has 2 aromatic rings. The van der Waals surface area contributed by atoms with Gasteiger partial charge in [-0.15, -0.1) is 0 Å². The SMILES string of the molecule is COc1ccc(CNC(=O)COc2c(C)cc(C=O)cc2C)cc1OC. The molecule has 0 heterocycles. The van der Waals surface area contributed by atoms with Gasteiger partial charge in [-0.3, -0.25) is 9.59 Å². The maximum Gasteiger partial charge on any atom is 0.258 e. The predicted octanol–water partition coefficient (Wildman–Crippen LogP) is 2.83. The zero-order chi connectivity index (χ0) is 19.1. The molecule has 0 aliphatic rings. The van der Waals surface area contributed by atoms with E-state index in [9.17, 15) is 9.59 Å². The number of methoxy groups -OCH3 is 2. The Morgan fingerprint density at radius 1 is 1.04 bits per heavy atom. The number of carbonyl (C=O) groups excluding carboxylic acids is 2. The van der Waals surface area contributed by atoms with Crippen molar-refractivity contribution in [1.82, 2.24) is 5.32 Å². The highest BCUT2D eigenvalue weighted by Crippen LogP contribution is 2.27. The van der Waals surface area contributed by atoms with Crippen LogP contribution in [-0.2, 0) is 11.3 Å². The van der Waals surface area contributed by atoms with Crippen LogP contribution in [0.4, 0.5) is 0 Å². The molecule has 0 fully saturated rings. The van der Waals surface area contributed by atoms with E-state index in [0.29, 0.717) is 29.4 Å². The van der Waals surface area contributed by atoms with Crippen molar-refractivity contribution < 1.29 is 23.8 Å². The van der Waals surface area contributed by atoms with Crippen molar-refractivity contribution >= 4 is 12.2 Å². The first-order chi connectivity index (χ1) is 12.5. The Morgan fingerprint density at radius 3 is 2.27 bits per heavy atom. The first-order valence-corrected chi connectivity index (χ1v) is 8.15. The number of hydrogen-bond acceptors (Lipinski definition) is 5. The third-order valence-corrected chi connectivity index (χ3v) is 3.90. The van der Waals surface area contributed by atoms with Crippen LogP contribution in [0.15, 0.2) is 30.3 Å². The molecular weight excluding hydrogens is 334 g/mol. The van der Waals surface area contributed by atoms with Gasteiger partial charge >= 0.3 is 0 Å². The molecule has 0 bridgehead atoms. The molecule has 2 aromatic carbocycles. The molecule has 138 valence electrons. The number of rotatable bonds is 8. The largest absolute Gasteiger partial charge is 0.493 e. The van der Waals surface area contributed by atoms with Crippen LogP contribution in [-0.4, -0.2) is 33.0 Å². The van der Waals surface area contributed by atoms with Crippen LogP contribution in [0.1, 0.15) is 27.0 Å². The van der Waals surface area contributed by atoms with Crippen LogP contribution in [0.5, 0.6) is 17.2 Å². The van der Waals surface area contributed by atoms with Crippen molar-refractivity contribution in [3.05, 3.63) is 52.6 Å². The molecule has 0 unspecified atom stereocenters. The summed E-state index contributed by atoms with van der Waals surface area (Å²) >= 11 is 0. The number of carbonyl (C=O) groups is 2. The minimum Gasteiger partial charge on any atom is -0.493 e. The summed E-state index contributed by atoms with van der Waals surface area (Å²) in [5.74, 6) is 1.63. The Kier molecular flexibility index (Phi) is 6.60. The lowest BCUT2D eigenvalue weighted by atomic mass is 10.1. The molecule has 0 saturated carbocycles. The van der Waals surface area contributed by atoms with Gasteiger partial charge in [0.05, 0.1) is 14.2 Å². The predicted molar refractivity (Wildman–Crippen MR) is 98.2 cm³/mol. The molecule has 0 atom stereocenters. The van der Waals surface area contributed by atoms with Crippen molar-refractivity contribution in [2.75, 3.05) is 20.8 Å². The summed E-state index contributed by atoms with van der Waals surface area (Å²) in [7, 11) is 3.14. The van der Waals surface area contributed by atoms with E-state index in [1.54, 1.807) is 32.4 Å². The van der Waals surface area contributed by atoms with E-state index in [4.69, 9.17) is 14.2 Å². The van der Waals surface area contributed by atoms with Gasteiger partial charge in [-0.1, -0.05) is 6.07 Å². The summed E-state index contributed by atoms with van der Waals surface area (Å²) in [6, 6.07) is 8.92. The number of aryl methyl sites for hydroxylation is 2. The summed E-state index contributed by atoms with van der Waals surface area (Å²) < 4.78 is 16.1. The Hall–Kier alpha value is -3.02. The number of amides is 1. The zero-order valence-corrected chi connectivity index (χ0v) is 15.4. The minimum atomic E-state index is -0.238.